The second-order valence-corrected chi connectivity index (χ2v) is 6.32. The minimum Gasteiger partial charge on any atom is -0.320 e. The highest BCUT2D eigenvalue weighted by molar-refractivity contribution is 9.11. The molecular weight excluding hydrogens is 278 g/mol. The van der Waals surface area contributed by atoms with Crippen molar-refractivity contribution in [1.29, 1.82) is 0 Å². The van der Waals surface area contributed by atoms with E-state index in [-0.39, 0.29) is 6.04 Å². The van der Waals surface area contributed by atoms with Crippen molar-refractivity contribution in [2.45, 2.75) is 13.0 Å². The molecule has 0 aliphatic carbocycles. The van der Waals surface area contributed by atoms with Gasteiger partial charge in [0, 0.05) is 4.88 Å². The number of hydrogen-bond donors (Lipinski definition) is 1. The fourth-order valence-corrected chi connectivity index (χ4v) is 3.55. The summed E-state index contributed by atoms with van der Waals surface area (Å²) in [7, 11) is 0. The minimum absolute atomic E-state index is 0.0243. The van der Waals surface area contributed by atoms with E-state index in [1.54, 1.807) is 22.7 Å². The first-order chi connectivity index (χ1) is 6.68. The Morgan fingerprint density at radius 1 is 1.50 bits per heavy atom. The van der Waals surface area contributed by atoms with E-state index >= 15 is 0 Å². The van der Waals surface area contributed by atoms with E-state index in [9.17, 15) is 0 Å². The molecule has 2 aromatic heterocycles. The summed E-state index contributed by atoms with van der Waals surface area (Å²) in [6.07, 6.45) is 0. The molecule has 0 saturated heterocycles. The lowest BCUT2D eigenvalue weighted by molar-refractivity contribution is 0.898. The predicted octanol–water partition coefficient (Wildman–Crippen LogP) is 3.93. The van der Waals surface area contributed by atoms with Crippen molar-refractivity contribution in [1.82, 2.24) is 0 Å². The minimum atomic E-state index is 0.0243. The number of rotatable bonds is 2. The van der Waals surface area contributed by atoms with E-state index in [1.165, 1.54) is 19.8 Å². The van der Waals surface area contributed by atoms with Gasteiger partial charge in [0.15, 0.2) is 0 Å². The Morgan fingerprint density at radius 2 is 2.29 bits per heavy atom. The van der Waals surface area contributed by atoms with Crippen LogP contribution in [0.15, 0.2) is 26.7 Å². The summed E-state index contributed by atoms with van der Waals surface area (Å²) in [5.74, 6) is 0. The molecule has 1 atom stereocenters. The van der Waals surface area contributed by atoms with Gasteiger partial charge in [-0.3, -0.25) is 0 Å². The van der Waals surface area contributed by atoms with Crippen molar-refractivity contribution in [2.24, 2.45) is 5.73 Å². The molecule has 1 unspecified atom stereocenters. The average Bonchev–Trinajstić information content (AvgIpc) is 2.76. The molecule has 2 aromatic rings. The van der Waals surface area contributed by atoms with Crippen LogP contribution in [0.4, 0.5) is 0 Å². The lowest BCUT2D eigenvalue weighted by atomic mass is 10.1. The van der Waals surface area contributed by atoms with Gasteiger partial charge in [-0.2, -0.15) is 11.3 Å². The summed E-state index contributed by atoms with van der Waals surface area (Å²) in [5, 5.41) is 4.17. The Kier molecular flexibility index (Phi) is 3.07. The van der Waals surface area contributed by atoms with E-state index in [4.69, 9.17) is 5.73 Å². The van der Waals surface area contributed by atoms with E-state index in [0.29, 0.717) is 0 Å². The van der Waals surface area contributed by atoms with E-state index in [1.807, 2.05) is 0 Å². The van der Waals surface area contributed by atoms with Gasteiger partial charge in [0.05, 0.1) is 9.83 Å². The third-order valence-corrected chi connectivity index (χ3v) is 5.01. The molecule has 0 spiro atoms. The van der Waals surface area contributed by atoms with Crippen molar-refractivity contribution < 1.29 is 0 Å². The number of aryl methyl sites for hydroxylation is 1. The van der Waals surface area contributed by atoms with Gasteiger partial charge in [0.1, 0.15) is 0 Å². The lowest BCUT2D eigenvalue weighted by Crippen LogP contribution is -2.08. The smallest absolute Gasteiger partial charge is 0.0731 e. The summed E-state index contributed by atoms with van der Waals surface area (Å²) in [5.41, 5.74) is 8.60. The largest absolute Gasteiger partial charge is 0.320 e. The molecule has 2 heterocycles. The predicted molar refractivity (Wildman–Crippen MR) is 67.1 cm³/mol. The fraction of sp³-hybridized carbons (Fsp3) is 0.200. The molecule has 2 rings (SSSR count). The molecule has 0 amide bonds. The van der Waals surface area contributed by atoms with Crippen molar-refractivity contribution in [2.75, 3.05) is 0 Å². The molecule has 14 heavy (non-hydrogen) atoms. The van der Waals surface area contributed by atoms with Crippen LogP contribution in [0.25, 0.3) is 0 Å². The van der Waals surface area contributed by atoms with Gasteiger partial charge >= 0.3 is 0 Å². The average molecular weight is 288 g/mol. The van der Waals surface area contributed by atoms with Crippen LogP contribution in [0.5, 0.6) is 0 Å². The highest BCUT2D eigenvalue weighted by Gasteiger charge is 2.13. The summed E-state index contributed by atoms with van der Waals surface area (Å²) >= 11 is 6.92. The van der Waals surface area contributed by atoms with E-state index in [0.717, 1.165) is 0 Å². The maximum atomic E-state index is 6.14. The molecule has 74 valence electrons. The second kappa shape index (κ2) is 4.14. The highest BCUT2D eigenvalue weighted by Crippen LogP contribution is 2.33. The van der Waals surface area contributed by atoms with Crippen LogP contribution in [0.2, 0.25) is 0 Å². The Bertz CT molecular complexity index is 400. The summed E-state index contributed by atoms with van der Waals surface area (Å²) < 4.78 is 1.18. The monoisotopic (exact) mass is 287 g/mol. The standard InChI is InChI=1S/C10H10BrNS2/c1-6-4-8(14-10(6)11)9(12)7-2-3-13-5-7/h2-5,9H,12H2,1H3. The quantitative estimate of drug-likeness (QED) is 0.890. The number of nitrogens with two attached hydrogens (primary N) is 1. The molecule has 0 aromatic carbocycles. The van der Waals surface area contributed by atoms with Gasteiger partial charge < -0.3 is 5.73 Å². The van der Waals surface area contributed by atoms with Crippen molar-refractivity contribution in [3.05, 3.63) is 42.7 Å². The maximum absolute atomic E-state index is 6.14. The summed E-state index contributed by atoms with van der Waals surface area (Å²) in [6.45, 7) is 2.09. The Hall–Kier alpha value is -0.160. The Morgan fingerprint density at radius 3 is 2.79 bits per heavy atom. The molecular formula is C10H10BrNS2. The van der Waals surface area contributed by atoms with Gasteiger partial charge in [-0.25, -0.2) is 0 Å². The molecule has 0 fully saturated rings. The molecule has 2 N–H and O–H groups in total. The van der Waals surface area contributed by atoms with Crippen LogP contribution >= 0.6 is 38.6 Å². The van der Waals surface area contributed by atoms with E-state index < -0.39 is 0 Å². The molecule has 0 aliphatic heterocycles. The first-order valence-electron chi connectivity index (χ1n) is 4.22. The van der Waals surface area contributed by atoms with Crippen LogP contribution < -0.4 is 5.73 Å². The van der Waals surface area contributed by atoms with Crippen LogP contribution in [-0.2, 0) is 0 Å². The zero-order chi connectivity index (χ0) is 10.1. The van der Waals surface area contributed by atoms with Crippen LogP contribution in [0.1, 0.15) is 22.0 Å². The first kappa shape index (κ1) is 10.4. The first-order valence-corrected chi connectivity index (χ1v) is 6.77. The van der Waals surface area contributed by atoms with Gasteiger partial charge in [-0.1, -0.05) is 0 Å². The number of hydrogen-bond acceptors (Lipinski definition) is 3. The lowest BCUT2D eigenvalue weighted by Gasteiger charge is -2.05. The fourth-order valence-electron chi connectivity index (χ4n) is 1.25. The van der Waals surface area contributed by atoms with Crippen molar-refractivity contribution in [3.8, 4) is 0 Å². The Balaban J connectivity index is 2.32. The van der Waals surface area contributed by atoms with Crippen LogP contribution in [0, 0.1) is 6.92 Å². The summed E-state index contributed by atoms with van der Waals surface area (Å²) in [6, 6.07) is 4.26. The third kappa shape index (κ3) is 1.93. The van der Waals surface area contributed by atoms with Crippen molar-refractivity contribution in [3.63, 3.8) is 0 Å². The maximum Gasteiger partial charge on any atom is 0.0731 e. The van der Waals surface area contributed by atoms with E-state index in [2.05, 4.69) is 45.7 Å². The number of halogens is 1. The van der Waals surface area contributed by atoms with Crippen LogP contribution in [-0.4, -0.2) is 0 Å². The van der Waals surface area contributed by atoms with Gasteiger partial charge in [-0.05, 0) is 56.9 Å². The summed E-state index contributed by atoms with van der Waals surface area (Å²) in [4.78, 5) is 1.22. The SMILES string of the molecule is Cc1cc(C(N)c2ccsc2)sc1Br. The molecule has 0 saturated carbocycles. The van der Waals surface area contributed by atoms with Gasteiger partial charge in [0.25, 0.3) is 0 Å². The molecule has 0 aliphatic rings. The second-order valence-electron chi connectivity index (χ2n) is 3.14. The Labute approximate surface area is 99.7 Å². The number of thiophene rings is 2. The zero-order valence-electron chi connectivity index (χ0n) is 7.66. The molecule has 0 bridgehead atoms. The highest BCUT2D eigenvalue weighted by atomic mass is 79.9. The topological polar surface area (TPSA) is 26.0 Å². The van der Waals surface area contributed by atoms with Gasteiger partial charge in [-0.15, -0.1) is 11.3 Å². The van der Waals surface area contributed by atoms with Crippen LogP contribution in [0.3, 0.4) is 0 Å². The third-order valence-electron chi connectivity index (χ3n) is 2.09. The molecule has 4 heteroatoms. The van der Waals surface area contributed by atoms with Crippen molar-refractivity contribution >= 4 is 38.6 Å². The molecule has 1 nitrogen and oxygen atoms in total. The normalized spacial score (nSPS) is 13.1. The zero-order valence-corrected chi connectivity index (χ0v) is 10.9. The molecule has 0 radical (unpaired) electrons. The van der Waals surface area contributed by atoms with Gasteiger partial charge in [0.2, 0.25) is 0 Å².